The van der Waals surface area contributed by atoms with Crippen LogP contribution < -0.4 is 4.90 Å². The first-order valence-electron chi connectivity index (χ1n) is 7.28. The molecule has 2 heterocycles. The average Bonchev–Trinajstić information content (AvgIpc) is 3.11. The third kappa shape index (κ3) is 1.67. The Kier molecular flexibility index (Phi) is 2.58. The second-order valence-electron chi connectivity index (χ2n) is 6.28. The van der Waals surface area contributed by atoms with Crippen LogP contribution in [0.4, 0.5) is 23.7 Å². The SMILES string of the molecule is C[C@@]12C(=O)N(c3cccc(C(F)(F)F)c3)C(=O)N1C1C=CC2C1. The number of urea groups is 1. The van der Waals surface area contributed by atoms with E-state index in [4.69, 9.17) is 0 Å². The molecular weight excluding hydrogens is 309 g/mol. The van der Waals surface area contributed by atoms with Gasteiger partial charge in [-0.1, -0.05) is 18.2 Å². The van der Waals surface area contributed by atoms with Gasteiger partial charge in [-0.2, -0.15) is 13.2 Å². The predicted octanol–water partition coefficient (Wildman–Crippen LogP) is 3.19. The van der Waals surface area contributed by atoms with E-state index in [1.165, 1.54) is 17.0 Å². The fraction of sp³-hybridized carbons (Fsp3) is 0.375. The first-order chi connectivity index (χ1) is 10.7. The largest absolute Gasteiger partial charge is 0.416 e. The van der Waals surface area contributed by atoms with E-state index in [1.807, 2.05) is 12.2 Å². The molecule has 4 rings (SSSR count). The molecule has 0 spiro atoms. The summed E-state index contributed by atoms with van der Waals surface area (Å²) < 4.78 is 38.6. The summed E-state index contributed by atoms with van der Waals surface area (Å²) in [6.45, 7) is 1.69. The Bertz CT molecular complexity index is 758. The number of hydrogen-bond donors (Lipinski definition) is 0. The summed E-state index contributed by atoms with van der Waals surface area (Å²) in [5.41, 5.74) is -1.91. The molecule has 23 heavy (non-hydrogen) atoms. The summed E-state index contributed by atoms with van der Waals surface area (Å²) in [6, 6.07) is 3.62. The molecule has 1 aromatic rings. The third-order valence-corrected chi connectivity index (χ3v) is 5.08. The summed E-state index contributed by atoms with van der Waals surface area (Å²) in [5, 5.41) is 0. The second kappa shape index (κ2) is 4.15. The van der Waals surface area contributed by atoms with Crippen LogP contribution in [0.25, 0.3) is 0 Å². The molecule has 2 aliphatic heterocycles. The lowest BCUT2D eigenvalue weighted by atomic mass is 9.87. The van der Waals surface area contributed by atoms with Gasteiger partial charge >= 0.3 is 12.2 Å². The monoisotopic (exact) mass is 322 g/mol. The van der Waals surface area contributed by atoms with Gasteiger partial charge in [0.15, 0.2) is 0 Å². The molecule has 2 bridgehead atoms. The molecule has 3 aliphatic rings. The number of nitrogens with zero attached hydrogens (tertiary/aromatic N) is 2. The maximum Gasteiger partial charge on any atom is 0.416 e. The van der Waals surface area contributed by atoms with Gasteiger partial charge in [0.05, 0.1) is 17.3 Å². The summed E-state index contributed by atoms with van der Waals surface area (Å²) >= 11 is 0. The number of fused-ring (bicyclic) bond motifs is 5. The van der Waals surface area contributed by atoms with E-state index in [-0.39, 0.29) is 17.6 Å². The number of rotatable bonds is 1. The zero-order valence-electron chi connectivity index (χ0n) is 12.2. The zero-order chi connectivity index (χ0) is 16.6. The fourth-order valence-electron chi connectivity index (χ4n) is 3.88. The van der Waals surface area contributed by atoms with Crippen molar-refractivity contribution in [2.45, 2.75) is 31.1 Å². The Labute approximate surface area is 130 Å². The van der Waals surface area contributed by atoms with Gasteiger partial charge in [-0.15, -0.1) is 0 Å². The van der Waals surface area contributed by atoms with E-state index >= 15 is 0 Å². The molecule has 7 heteroatoms. The molecule has 0 radical (unpaired) electrons. The number of carbonyl (C=O) groups excluding carboxylic acids is 2. The Balaban J connectivity index is 1.78. The molecule has 3 atom stereocenters. The van der Waals surface area contributed by atoms with Crippen LogP contribution in [0, 0.1) is 5.92 Å². The first kappa shape index (κ1) is 14.3. The highest BCUT2D eigenvalue weighted by Crippen LogP contribution is 2.50. The maximum atomic E-state index is 12.9. The van der Waals surface area contributed by atoms with Crippen molar-refractivity contribution in [2.24, 2.45) is 5.92 Å². The van der Waals surface area contributed by atoms with Gasteiger partial charge in [0.25, 0.3) is 5.91 Å². The van der Waals surface area contributed by atoms with Crippen LogP contribution in [-0.4, -0.2) is 28.4 Å². The quantitative estimate of drug-likeness (QED) is 0.588. The summed E-state index contributed by atoms with van der Waals surface area (Å²) in [5.74, 6) is -0.543. The van der Waals surface area contributed by atoms with Gasteiger partial charge in [-0.25, -0.2) is 9.69 Å². The smallest absolute Gasteiger partial charge is 0.302 e. The van der Waals surface area contributed by atoms with Crippen LogP contribution in [0.3, 0.4) is 0 Å². The average molecular weight is 322 g/mol. The number of imide groups is 1. The number of carbonyl (C=O) groups is 2. The van der Waals surface area contributed by atoms with E-state index in [0.29, 0.717) is 6.42 Å². The highest BCUT2D eigenvalue weighted by Gasteiger charge is 2.65. The number of hydrogen-bond acceptors (Lipinski definition) is 2. The van der Waals surface area contributed by atoms with Gasteiger partial charge in [0, 0.05) is 5.92 Å². The molecule has 3 amide bonds. The molecule has 1 aromatic carbocycles. The van der Waals surface area contributed by atoms with Gasteiger partial charge in [0.1, 0.15) is 5.54 Å². The highest BCUT2D eigenvalue weighted by molar-refractivity contribution is 6.24. The van der Waals surface area contributed by atoms with E-state index < -0.39 is 29.2 Å². The predicted molar refractivity (Wildman–Crippen MR) is 75.6 cm³/mol. The van der Waals surface area contributed by atoms with Crippen LogP contribution in [-0.2, 0) is 11.0 Å². The summed E-state index contributed by atoms with van der Waals surface area (Å²) in [4.78, 5) is 27.9. The molecule has 1 aliphatic carbocycles. The summed E-state index contributed by atoms with van der Waals surface area (Å²) in [7, 11) is 0. The number of anilines is 1. The van der Waals surface area contributed by atoms with Crippen LogP contribution in [0.5, 0.6) is 0 Å². The molecular formula is C16H13F3N2O2. The molecule has 2 saturated heterocycles. The Morgan fingerprint density at radius 1 is 1.22 bits per heavy atom. The molecule has 0 aromatic heterocycles. The van der Waals surface area contributed by atoms with Crippen LogP contribution in [0.2, 0.25) is 0 Å². The van der Waals surface area contributed by atoms with Gasteiger partial charge in [0.2, 0.25) is 0 Å². The van der Waals surface area contributed by atoms with Crippen LogP contribution in [0.15, 0.2) is 36.4 Å². The topological polar surface area (TPSA) is 40.6 Å². The molecule has 0 saturated carbocycles. The van der Waals surface area contributed by atoms with E-state index in [2.05, 4.69) is 0 Å². The second-order valence-corrected chi connectivity index (χ2v) is 6.28. The van der Waals surface area contributed by atoms with E-state index in [9.17, 15) is 22.8 Å². The molecule has 4 nitrogen and oxygen atoms in total. The number of halogens is 3. The lowest BCUT2D eigenvalue weighted by Crippen LogP contribution is -2.49. The third-order valence-electron chi connectivity index (χ3n) is 5.08. The van der Waals surface area contributed by atoms with Crippen molar-refractivity contribution in [1.82, 2.24) is 4.90 Å². The van der Waals surface area contributed by atoms with Crippen LogP contribution in [0.1, 0.15) is 18.9 Å². The minimum atomic E-state index is -4.53. The Hall–Kier alpha value is -2.31. The van der Waals surface area contributed by atoms with Crippen molar-refractivity contribution in [3.05, 3.63) is 42.0 Å². The van der Waals surface area contributed by atoms with Crippen molar-refractivity contribution in [1.29, 1.82) is 0 Å². The number of alkyl halides is 3. The molecule has 2 unspecified atom stereocenters. The molecule has 0 N–H and O–H groups in total. The summed E-state index contributed by atoms with van der Waals surface area (Å²) in [6.07, 6.45) is -0.0257. The highest BCUT2D eigenvalue weighted by atomic mass is 19.4. The number of benzene rings is 1. The lowest BCUT2D eigenvalue weighted by molar-refractivity contribution is -0.137. The Morgan fingerprint density at radius 3 is 2.61 bits per heavy atom. The maximum absolute atomic E-state index is 12.9. The normalized spacial score (nSPS) is 32.2. The van der Waals surface area contributed by atoms with E-state index in [0.717, 1.165) is 17.0 Å². The van der Waals surface area contributed by atoms with Gasteiger partial charge in [-0.05, 0) is 31.5 Å². The van der Waals surface area contributed by atoms with Crippen molar-refractivity contribution in [2.75, 3.05) is 4.90 Å². The first-order valence-corrected chi connectivity index (χ1v) is 7.28. The number of amides is 3. The standard InChI is InChI=1S/C16H13F3N2O2/c1-15-9-5-6-12(7-9)21(15)14(23)20(13(15)22)11-4-2-3-10(8-11)16(17,18)19/h2-6,8-9,12H,7H2,1H3/t9?,12?,15-/m1/s1. The van der Waals surface area contributed by atoms with Crippen molar-refractivity contribution in [3.63, 3.8) is 0 Å². The zero-order valence-corrected chi connectivity index (χ0v) is 12.2. The van der Waals surface area contributed by atoms with Gasteiger partial charge in [-0.3, -0.25) is 4.79 Å². The molecule has 2 fully saturated rings. The minimum Gasteiger partial charge on any atom is -0.302 e. The van der Waals surface area contributed by atoms with Crippen molar-refractivity contribution < 1.29 is 22.8 Å². The fourth-order valence-corrected chi connectivity index (χ4v) is 3.88. The van der Waals surface area contributed by atoms with Gasteiger partial charge < -0.3 is 4.90 Å². The Morgan fingerprint density at radius 2 is 1.96 bits per heavy atom. The van der Waals surface area contributed by atoms with E-state index in [1.54, 1.807) is 6.92 Å². The van der Waals surface area contributed by atoms with Crippen LogP contribution >= 0.6 is 0 Å². The van der Waals surface area contributed by atoms with Crippen molar-refractivity contribution in [3.8, 4) is 0 Å². The molecule has 120 valence electrons. The minimum absolute atomic E-state index is 0.0372. The lowest BCUT2D eigenvalue weighted by Gasteiger charge is -2.32. The van der Waals surface area contributed by atoms with Crippen molar-refractivity contribution >= 4 is 17.6 Å².